The number of hydrogen-bond acceptors (Lipinski definition) is 4. The van der Waals surface area contributed by atoms with Gasteiger partial charge in [0.2, 0.25) is 0 Å². The molecule has 2 aromatic heterocycles. The number of pyridine rings is 1. The standard InChI is InChI=1S/C55H50F3N4O.Pt/c1-52(2,3)36-25-26-59-49(30-36)62-46-23-14-13-21-44(46)50-45(55(56,57)58)32-42(33-48(50)62)63-41-20-15-19-39(31-41)60-34-61(40-28-37(53(4,5)6)27-38(29-40)54(7,8)9)51-43(22-16-24-47(51)60)35-17-11-10-12-18-35;/h10-30,32,34H,1-9H3;/q-3;. The summed E-state index contributed by atoms with van der Waals surface area (Å²) in [5, 5.41) is 0.485. The van der Waals surface area contributed by atoms with Crippen LogP contribution in [0.3, 0.4) is 0 Å². The fourth-order valence-corrected chi connectivity index (χ4v) is 8.33. The number of ether oxygens (including phenoxy) is 1. The first-order valence-electron chi connectivity index (χ1n) is 21.3. The number of fused-ring (bicyclic) bond motifs is 4. The van der Waals surface area contributed by atoms with Gasteiger partial charge in [0.25, 0.3) is 0 Å². The van der Waals surface area contributed by atoms with Crippen LogP contribution in [0.5, 0.6) is 11.5 Å². The van der Waals surface area contributed by atoms with E-state index in [9.17, 15) is 0 Å². The topological polar surface area (TPSA) is 33.5 Å². The third kappa shape index (κ3) is 8.33. The number of benzene rings is 6. The molecule has 9 heteroatoms. The van der Waals surface area contributed by atoms with Crippen molar-refractivity contribution in [2.45, 2.75) is 84.7 Å². The summed E-state index contributed by atoms with van der Waals surface area (Å²) in [5.74, 6) is 0.643. The van der Waals surface area contributed by atoms with Crippen LogP contribution in [0, 0.1) is 18.8 Å². The van der Waals surface area contributed by atoms with Crippen LogP contribution in [-0.2, 0) is 43.5 Å². The Balaban J connectivity index is 0.00000560. The summed E-state index contributed by atoms with van der Waals surface area (Å²) < 4.78 is 53.7. The van der Waals surface area contributed by atoms with Gasteiger partial charge in [0.15, 0.2) is 0 Å². The van der Waals surface area contributed by atoms with E-state index < -0.39 is 11.7 Å². The van der Waals surface area contributed by atoms with Crippen LogP contribution in [-0.4, -0.2) is 9.55 Å². The average molecular weight is 1040 g/mol. The van der Waals surface area contributed by atoms with Crippen LogP contribution in [0.1, 0.15) is 84.6 Å². The zero-order chi connectivity index (χ0) is 44.6. The Morgan fingerprint density at radius 3 is 1.94 bits per heavy atom. The summed E-state index contributed by atoms with van der Waals surface area (Å²) in [6.45, 7) is 21.7. The van der Waals surface area contributed by atoms with Crippen LogP contribution < -0.4 is 14.5 Å². The van der Waals surface area contributed by atoms with Crippen LogP contribution in [0.4, 0.5) is 35.9 Å². The summed E-state index contributed by atoms with van der Waals surface area (Å²) in [6.07, 6.45) is -3.00. The van der Waals surface area contributed by atoms with Gasteiger partial charge in [0.05, 0.1) is 0 Å². The van der Waals surface area contributed by atoms with Gasteiger partial charge in [0, 0.05) is 66.9 Å². The first-order chi connectivity index (χ1) is 29.8. The normalized spacial score (nSPS) is 13.4. The Kier molecular flexibility index (Phi) is 11.4. The van der Waals surface area contributed by atoms with Gasteiger partial charge in [0.1, 0.15) is 5.82 Å². The van der Waals surface area contributed by atoms with E-state index in [1.165, 1.54) is 11.1 Å². The minimum atomic E-state index is -4.70. The van der Waals surface area contributed by atoms with Crippen molar-refractivity contribution in [2.75, 3.05) is 9.80 Å². The monoisotopic (exact) mass is 1030 g/mol. The van der Waals surface area contributed by atoms with Crippen molar-refractivity contribution in [1.29, 1.82) is 0 Å². The predicted molar refractivity (Wildman–Crippen MR) is 251 cm³/mol. The molecule has 0 bridgehead atoms. The molecule has 5 nitrogen and oxygen atoms in total. The maximum Gasteiger partial charge on any atom is 0.395 e. The summed E-state index contributed by atoms with van der Waals surface area (Å²) in [7, 11) is 0. The fraction of sp³-hybridized carbons (Fsp3) is 0.236. The summed E-state index contributed by atoms with van der Waals surface area (Å²) in [5.41, 5.74) is 8.72. The molecule has 0 aliphatic carbocycles. The van der Waals surface area contributed by atoms with E-state index in [2.05, 4.69) is 138 Å². The van der Waals surface area contributed by atoms with Crippen molar-refractivity contribution in [3.8, 4) is 28.4 Å². The summed E-state index contributed by atoms with van der Waals surface area (Å²) >= 11 is 0. The Morgan fingerprint density at radius 1 is 0.609 bits per heavy atom. The van der Waals surface area contributed by atoms with Gasteiger partial charge >= 0.3 is 6.18 Å². The van der Waals surface area contributed by atoms with E-state index in [1.807, 2.05) is 60.7 Å². The molecular weight excluding hydrogens is 985 g/mol. The summed E-state index contributed by atoms with van der Waals surface area (Å²) in [6, 6.07) is 47.5. The molecule has 330 valence electrons. The molecule has 1 aliphatic heterocycles. The van der Waals surface area contributed by atoms with E-state index in [4.69, 9.17) is 4.74 Å². The predicted octanol–water partition coefficient (Wildman–Crippen LogP) is 15.6. The Hall–Kier alpha value is -5.85. The van der Waals surface area contributed by atoms with Crippen LogP contribution in [0.25, 0.3) is 38.8 Å². The second-order valence-corrected chi connectivity index (χ2v) is 19.4. The van der Waals surface area contributed by atoms with Crippen molar-refractivity contribution >= 4 is 44.6 Å². The minimum Gasteiger partial charge on any atom is -0.509 e. The molecule has 64 heavy (non-hydrogen) atoms. The molecule has 1 aliphatic rings. The van der Waals surface area contributed by atoms with Crippen molar-refractivity contribution in [3.63, 3.8) is 0 Å². The first-order valence-corrected chi connectivity index (χ1v) is 21.3. The van der Waals surface area contributed by atoms with Gasteiger partial charge in [-0.05, 0) is 85.8 Å². The molecule has 0 amide bonds. The number of alkyl halides is 3. The van der Waals surface area contributed by atoms with Crippen LogP contribution >= 0.6 is 0 Å². The Bertz CT molecular complexity index is 2990. The summed E-state index contributed by atoms with van der Waals surface area (Å²) in [4.78, 5) is 8.97. The number of anilines is 4. The SMILES string of the molecule is CC(C)(C)c1cc(N2[CH-]N(c3[c-]c(Oc4[c-]c5c(c(C(F)(F)F)c4)c4ccccc4n5-c4cc(C(C)(C)C)ccn4)ccc3)c3cccc(-c4ccccc4)c32)cc(C(C)(C)C)c1.[Pt]. The van der Waals surface area contributed by atoms with Crippen LogP contribution in [0.2, 0.25) is 0 Å². The van der Waals surface area contributed by atoms with E-state index in [-0.39, 0.29) is 59.7 Å². The fourth-order valence-electron chi connectivity index (χ4n) is 8.33. The number of para-hydroxylation sites is 2. The Labute approximate surface area is 388 Å². The third-order valence-electron chi connectivity index (χ3n) is 11.8. The maximum absolute atomic E-state index is 15.2. The van der Waals surface area contributed by atoms with Crippen molar-refractivity contribution in [3.05, 3.63) is 175 Å². The molecule has 6 aromatic carbocycles. The molecule has 0 radical (unpaired) electrons. The molecule has 8 aromatic rings. The molecule has 0 atom stereocenters. The van der Waals surface area contributed by atoms with E-state index in [0.717, 1.165) is 39.8 Å². The average Bonchev–Trinajstić information content (AvgIpc) is 3.79. The van der Waals surface area contributed by atoms with Gasteiger partial charge in [-0.25, -0.2) is 4.98 Å². The second-order valence-electron chi connectivity index (χ2n) is 19.4. The van der Waals surface area contributed by atoms with E-state index in [1.54, 1.807) is 29.0 Å². The molecule has 0 fully saturated rings. The number of halogens is 3. The van der Waals surface area contributed by atoms with Crippen LogP contribution in [0.15, 0.2) is 134 Å². The van der Waals surface area contributed by atoms with E-state index >= 15 is 13.2 Å². The van der Waals surface area contributed by atoms with Crippen molar-refractivity contribution < 1.29 is 39.0 Å². The number of rotatable bonds is 6. The zero-order valence-electron chi connectivity index (χ0n) is 37.4. The molecule has 0 N–H and O–H groups in total. The molecule has 0 unspecified atom stereocenters. The smallest absolute Gasteiger partial charge is 0.395 e. The number of aromatic nitrogens is 2. The van der Waals surface area contributed by atoms with Gasteiger partial charge in [-0.15, -0.1) is 42.7 Å². The molecule has 3 heterocycles. The quantitative estimate of drug-likeness (QED) is 0.155. The molecule has 0 spiro atoms. The van der Waals surface area contributed by atoms with Gasteiger partial charge < -0.3 is 19.1 Å². The Morgan fingerprint density at radius 2 is 1.27 bits per heavy atom. The number of hydrogen-bond donors (Lipinski definition) is 0. The van der Waals surface area contributed by atoms with Gasteiger partial charge in [-0.2, -0.15) is 19.2 Å². The second kappa shape index (κ2) is 16.3. The third-order valence-corrected chi connectivity index (χ3v) is 11.8. The van der Waals surface area contributed by atoms with Crippen molar-refractivity contribution in [2.24, 2.45) is 0 Å². The van der Waals surface area contributed by atoms with Gasteiger partial charge in [-0.1, -0.05) is 140 Å². The first kappa shape index (κ1) is 44.7. The molecule has 9 rings (SSSR count). The number of nitrogens with zero attached hydrogens (tertiary/aromatic N) is 4. The molecule has 0 saturated heterocycles. The maximum atomic E-state index is 15.2. The van der Waals surface area contributed by atoms with Gasteiger partial charge in [-0.3, -0.25) is 0 Å². The minimum absolute atomic E-state index is 0. The largest absolute Gasteiger partial charge is 0.509 e. The van der Waals surface area contributed by atoms with E-state index in [0.29, 0.717) is 22.4 Å². The molecular formula is C55H50F3N4OPt-3. The van der Waals surface area contributed by atoms with Crippen molar-refractivity contribution in [1.82, 2.24) is 9.55 Å². The molecule has 0 saturated carbocycles. The zero-order valence-corrected chi connectivity index (χ0v) is 39.7.